The van der Waals surface area contributed by atoms with Gasteiger partial charge >= 0.3 is 0 Å². The monoisotopic (exact) mass is 286 g/mol. The minimum absolute atomic E-state index is 0.108. The van der Waals surface area contributed by atoms with Gasteiger partial charge in [0, 0.05) is 18.2 Å². The SMILES string of the molecule is CS(=O)(=O)CCSc1nc2ccccn2c1CO. The van der Waals surface area contributed by atoms with Crippen LogP contribution in [0, 0.1) is 0 Å². The topological polar surface area (TPSA) is 71.7 Å². The second-order valence-electron chi connectivity index (χ2n) is 3.93. The average molecular weight is 286 g/mol. The number of sulfone groups is 1. The Hall–Kier alpha value is -1.05. The molecule has 0 unspecified atom stereocenters. The molecule has 0 aliphatic heterocycles. The summed E-state index contributed by atoms with van der Waals surface area (Å²) >= 11 is 1.35. The lowest BCUT2D eigenvalue weighted by atomic mass is 10.4. The molecule has 0 aliphatic rings. The minimum atomic E-state index is -2.96. The number of aliphatic hydroxyl groups is 1. The molecule has 0 bridgehead atoms. The smallest absolute Gasteiger partial charge is 0.148 e. The van der Waals surface area contributed by atoms with Gasteiger partial charge in [-0.05, 0) is 12.1 Å². The van der Waals surface area contributed by atoms with Crippen LogP contribution in [0.1, 0.15) is 5.69 Å². The lowest BCUT2D eigenvalue weighted by Crippen LogP contribution is -2.05. The van der Waals surface area contributed by atoms with Crippen molar-refractivity contribution in [3.8, 4) is 0 Å². The maximum absolute atomic E-state index is 11.1. The van der Waals surface area contributed by atoms with E-state index < -0.39 is 9.84 Å². The van der Waals surface area contributed by atoms with E-state index in [9.17, 15) is 13.5 Å². The van der Waals surface area contributed by atoms with E-state index >= 15 is 0 Å². The minimum Gasteiger partial charge on any atom is -0.390 e. The first-order valence-electron chi connectivity index (χ1n) is 5.38. The predicted octanol–water partition coefficient (Wildman–Crippen LogP) is 0.963. The molecule has 0 saturated heterocycles. The molecule has 5 nitrogen and oxygen atoms in total. The van der Waals surface area contributed by atoms with Gasteiger partial charge in [-0.3, -0.25) is 0 Å². The molecule has 0 radical (unpaired) electrons. The molecule has 18 heavy (non-hydrogen) atoms. The molecule has 0 atom stereocenters. The van der Waals surface area contributed by atoms with E-state index in [1.165, 1.54) is 18.0 Å². The van der Waals surface area contributed by atoms with Crippen LogP contribution in [0.15, 0.2) is 29.4 Å². The normalized spacial score (nSPS) is 12.1. The lowest BCUT2D eigenvalue weighted by Gasteiger charge is -2.00. The van der Waals surface area contributed by atoms with Crippen LogP contribution in [0.25, 0.3) is 5.65 Å². The molecule has 0 aromatic carbocycles. The number of aromatic nitrogens is 2. The Morgan fingerprint density at radius 2 is 2.22 bits per heavy atom. The van der Waals surface area contributed by atoms with Crippen molar-refractivity contribution in [1.29, 1.82) is 0 Å². The number of hydrogen-bond acceptors (Lipinski definition) is 5. The van der Waals surface area contributed by atoms with Crippen LogP contribution >= 0.6 is 11.8 Å². The van der Waals surface area contributed by atoms with E-state index in [1.807, 2.05) is 28.8 Å². The van der Waals surface area contributed by atoms with Crippen molar-refractivity contribution in [2.45, 2.75) is 11.6 Å². The Bertz CT molecular complexity index is 649. The highest BCUT2D eigenvalue weighted by atomic mass is 32.2. The third-order valence-corrected chi connectivity index (χ3v) is 4.65. The van der Waals surface area contributed by atoms with E-state index in [0.29, 0.717) is 16.5 Å². The summed E-state index contributed by atoms with van der Waals surface area (Å²) in [4.78, 5) is 4.37. The molecule has 2 rings (SSSR count). The Morgan fingerprint density at radius 3 is 2.89 bits per heavy atom. The summed E-state index contributed by atoms with van der Waals surface area (Å²) in [6, 6.07) is 5.58. The molecular formula is C11H14N2O3S2. The van der Waals surface area contributed by atoms with Gasteiger partial charge in [0.15, 0.2) is 0 Å². The average Bonchev–Trinajstić information content (AvgIpc) is 2.64. The van der Waals surface area contributed by atoms with Crippen LogP contribution in [-0.2, 0) is 16.4 Å². The summed E-state index contributed by atoms with van der Waals surface area (Å²) in [7, 11) is -2.96. The van der Waals surface area contributed by atoms with Gasteiger partial charge in [-0.1, -0.05) is 6.07 Å². The Kier molecular flexibility index (Phi) is 3.94. The lowest BCUT2D eigenvalue weighted by molar-refractivity contribution is 0.272. The highest BCUT2D eigenvalue weighted by molar-refractivity contribution is 8.00. The van der Waals surface area contributed by atoms with Gasteiger partial charge in [-0.25, -0.2) is 13.4 Å². The molecule has 2 heterocycles. The number of nitrogens with zero attached hydrogens (tertiary/aromatic N) is 2. The van der Waals surface area contributed by atoms with Crippen LogP contribution in [0.3, 0.4) is 0 Å². The summed E-state index contributed by atoms with van der Waals surface area (Å²) in [6.07, 6.45) is 3.04. The van der Waals surface area contributed by atoms with Crippen molar-refractivity contribution in [2.75, 3.05) is 17.8 Å². The van der Waals surface area contributed by atoms with Crippen LogP contribution < -0.4 is 0 Å². The number of thioether (sulfide) groups is 1. The predicted molar refractivity (Wildman–Crippen MR) is 71.5 cm³/mol. The molecule has 0 spiro atoms. The van der Waals surface area contributed by atoms with Gasteiger partial charge < -0.3 is 9.51 Å². The van der Waals surface area contributed by atoms with Gasteiger partial charge in [0.25, 0.3) is 0 Å². The van der Waals surface area contributed by atoms with Crippen LogP contribution in [0.4, 0.5) is 0 Å². The molecule has 0 aliphatic carbocycles. The van der Waals surface area contributed by atoms with Crippen molar-refractivity contribution < 1.29 is 13.5 Å². The third-order valence-electron chi connectivity index (χ3n) is 2.43. The molecule has 2 aromatic rings. The van der Waals surface area contributed by atoms with Crippen molar-refractivity contribution >= 4 is 27.2 Å². The van der Waals surface area contributed by atoms with Crippen LogP contribution in [-0.4, -0.2) is 40.7 Å². The molecule has 0 saturated carbocycles. The number of imidazole rings is 1. The fourth-order valence-corrected chi connectivity index (χ4v) is 3.80. The summed E-state index contributed by atoms with van der Waals surface area (Å²) < 4.78 is 23.9. The first kappa shape index (κ1) is 13.4. The summed E-state index contributed by atoms with van der Waals surface area (Å²) in [5.41, 5.74) is 1.45. The van der Waals surface area contributed by atoms with E-state index in [4.69, 9.17) is 0 Å². The van der Waals surface area contributed by atoms with E-state index in [0.717, 1.165) is 5.65 Å². The second-order valence-corrected chi connectivity index (χ2v) is 7.27. The Morgan fingerprint density at radius 1 is 1.44 bits per heavy atom. The van der Waals surface area contributed by atoms with Gasteiger partial charge in [-0.15, -0.1) is 11.8 Å². The standard InChI is InChI=1S/C11H14N2O3S2/c1-18(15,16)7-6-17-11-9(8-14)13-5-3-2-4-10(13)12-11/h2-5,14H,6-8H2,1H3. The largest absolute Gasteiger partial charge is 0.390 e. The Labute approximate surface area is 110 Å². The number of fused-ring (bicyclic) bond motifs is 1. The summed E-state index contributed by atoms with van der Waals surface area (Å²) in [6.45, 7) is -0.119. The highest BCUT2D eigenvalue weighted by Crippen LogP contribution is 2.23. The highest BCUT2D eigenvalue weighted by Gasteiger charge is 2.12. The van der Waals surface area contributed by atoms with Crippen molar-refractivity contribution in [2.24, 2.45) is 0 Å². The van der Waals surface area contributed by atoms with Crippen molar-refractivity contribution in [3.05, 3.63) is 30.1 Å². The molecule has 1 N–H and O–H groups in total. The van der Waals surface area contributed by atoms with Crippen LogP contribution in [0.2, 0.25) is 0 Å². The van der Waals surface area contributed by atoms with Crippen LogP contribution in [0.5, 0.6) is 0 Å². The first-order chi connectivity index (χ1) is 8.51. The van der Waals surface area contributed by atoms with E-state index in [-0.39, 0.29) is 12.4 Å². The fourth-order valence-electron chi connectivity index (χ4n) is 1.57. The number of hydrogen-bond donors (Lipinski definition) is 1. The molecule has 98 valence electrons. The number of pyridine rings is 1. The number of rotatable bonds is 5. The van der Waals surface area contributed by atoms with Crippen molar-refractivity contribution in [1.82, 2.24) is 9.38 Å². The zero-order valence-electron chi connectivity index (χ0n) is 9.91. The first-order valence-corrected chi connectivity index (χ1v) is 8.43. The molecule has 0 fully saturated rings. The molecule has 0 amide bonds. The van der Waals surface area contributed by atoms with Gasteiger partial charge in [-0.2, -0.15) is 0 Å². The third kappa shape index (κ3) is 3.04. The van der Waals surface area contributed by atoms with Crippen molar-refractivity contribution in [3.63, 3.8) is 0 Å². The van der Waals surface area contributed by atoms with E-state index in [2.05, 4.69) is 4.98 Å². The maximum Gasteiger partial charge on any atom is 0.148 e. The maximum atomic E-state index is 11.1. The second kappa shape index (κ2) is 5.29. The quantitative estimate of drug-likeness (QED) is 0.829. The number of aliphatic hydroxyl groups excluding tert-OH is 1. The Balaban J connectivity index is 2.22. The van der Waals surface area contributed by atoms with Gasteiger partial charge in [0.1, 0.15) is 20.5 Å². The molecular weight excluding hydrogens is 272 g/mol. The van der Waals surface area contributed by atoms with Gasteiger partial charge in [0.05, 0.1) is 18.1 Å². The molecule has 2 aromatic heterocycles. The summed E-state index contributed by atoms with van der Waals surface area (Å²) in [5, 5.41) is 10.1. The van der Waals surface area contributed by atoms with E-state index in [1.54, 1.807) is 0 Å². The zero-order valence-corrected chi connectivity index (χ0v) is 11.5. The fraction of sp³-hybridized carbons (Fsp3) is 0.364. The van der Waals surface area contributed by atoms with Gasteiger partial charge in [0.2, 0.25) is 0 Å². The zero-order chi connectivity index (χ0) is 13.2. The summed E-state index contributed by atoms with van der Waals surface area (Å²) in [5.74, 6) is 0.548. The molecule has 7 heteroatoms.